The van der Waals surface area contributed by atoms with E-state index < -0.39 is 0 Å². The van der Waals surface area contributed by atoms with Gasteiger partial charge in [-0.05, 0) is 43.0 Å². The van der Waals surface area contributed by atoms with Crippen LogP contribution in [0.2, 0.25) is 0 Å². The molecule has 0 aliphatic heterocycles. The van der Waals surface area contributed by atoms with Gasteiger partial charge in [0.05, 0.1) is 13.3 Å². The Morgan fingerprint density at radius 1 is 1.24 bits per heavy atom. The van der Waals surface area contributed by atoms with Crippen molar-refractivity contribution in [2.24, 2.45) is 0 Å². The number of rotatable bonds is 7. The third-order valence-electron chi connectivity index (χ3n) is 2.92. The van der Waals surface area contributed by atoms with Gasteiger partial charge in [-0.2, -0.15) is 0 Å². The highest BCUT2D eigenvalue weighted by Crippen LogP contribution is 2.24. The van der Waals surface area contributed by atoms with Crippen molar-refractivity contribution in [3.8, 4) is 5.75 Å². The Labute approximate surface area is 104 Å². The van der Waals surface area contributed by atoms with Gasteiger partial charge in [-0.25, -0.2) is 0 Å². The monoisotopic (exact) mass is 238 g/mol. The van der Waals surface area contributed by atoms with Crippen LogP contribution in [0.3, 0.4) is 0 Å². The van der Waals surface area contributed by atoms with E-state index in [1.54, 1.807) is 0 Å². The zero-order chi connectivity index (χ0) is 12.7. The third kappa shape index (κ3) is 4.37. The van der Waals surface area contributed by atoms with Crippen molar-refractivity contribution in [3.05, 3.63) is 29.3 Å². The molecule has 0 aliphatic carbocycles. The molecule has 1 atom stereocenters. The van der Waals surface area contributed by atoms with Crippen LogP contribution in [-0.2, 0) is 6.42 Å². The molecule has 1 nitrogen and oxygen atoms in total. The Balaban J connectivity index is 2.91. The molecule has 1 aromatic rings. The minimum absolute atomic E-state index is 0.0456. The molecular weight excluding hydrogens is 215 g/mol. The van der Waals surface area contributed by atoms with Crippen molar-refractivity contribution >= 4 is 0 Å². The predicted octanol–water partition coefficient (Wildman–Crippen LogP) is 4.50. The second-order valence-electron chi connectivity index (χ2n) is 4.50. The molecule has 0 fully saturated rings. The van der Waals surface area contributed by atoms with Gasteiger partial charge in [-0.15, -0.1) is 0 Å². The molecule has 0 N–H and O–H groups in total. The Morgan fingerprint density at radius 2 is 2.00 bits per heavy atom. The Bertz CT molecular complexity index is 336. The van der Waals surface area contributed by atoms with E-state index in [0.717, 1.165) is 17.7 Å². The molecule has 1 unspecified atom stereocenters. The van der Waals surface area contributed by atoms with Crippen LogP contribution in [0, 0.1) is 0 Å². The predicted molar refractivity (Wildman–Crippen MR) is 70.6 cm³/mol. The second-order valence-corrected chi connectivity index (χ2v) is 4.50. The summed E-state index contributed by atoms with van der Waals surface area (Å²) in [6.07, 6.45) is 3.38. The van der Waals surface area contributed by atoms with E-state index in [4.69, 9.17) is 4.74 Å². The van der Waals surface area contributed by atoms with Crippen LogP contribution in [0.15, 0.2) is 18.2 Å². The standard InChI is InChI=1S/C15H23FO/c1-4-6-7-13-8-14(12(3)11-16)10-15(9-13)17-5-2/h8-10,12H,4-7,11H2,1-3H3. The van der Waals surface area contributed by atoms with Gasteiger partial charge in [0, 0.05) is 5.92 Å². The fourth-order valence-electron chi connectivity index (χ4n) is 1.83. The number of aryl methyl sites for hydroxylation is 1. The number of hydrogen-bond acceptors (Lipinski definition) is 1. The van der Waals surface area contributed by atoms with E-state index in [9.17, 15) is 4.39 Å². The number of benzene rings is 1. The van der Waals surface area contributed by atoms with E-state index >= 15 is 0 Å². The molecule has 1 rings (SSSR count). The summed E-state index contributed by atoms with van der Waals surface area (Å²) in [6.45, 7) is 6.40. The molecule has 17 heavy (non-hydrogen) atoms. The summed E-state index contributed by atoms with van der Waals surface area (Å²) in [5.74, 6) is 0.826. The highest BCUT2D eigenvalue weighted by atomic mass is 19.1. The van der Waals surface area contributed by atoms with Gasteiger partial charge in [-0.3, -0.25) is 4.39 Å². The first-order valence-corrected chi connectivity index (χ1v) is 6.53. The molecule has 0 spiro atoms. The zero-order valence-electron chi connectivity index (χ0n) is 11.1. The normalized spacial score (nSPS) is 12.5. The minimum atomic E-state index is -0.317. The van der Waals surface area contributed by atoms with Crippen LogP contribution in [0.25, 0.3) is 0 Å². The highest BCUT2D eigenvalue weighted by Gasteiger charge is 2.08. The van der Waals surface area contributed by atoms with Gasteiger partial charge in [0.15, 0.2) is 0 Å². The maximum Gasteiger partial charge on any atom is 0.119 e. The Kier molecular flexibility index (Phi) is 6.03. The molecule has 2 heteroatoms. The minimum Gasteiger partial charge on any atom is -0.494 e. The van der Waals surface area contributed by atoms with E-state index in [2.05, 4.69) is 19.1 Å². The molecule has 0 aromatic heterocycles. The fraction of sp³-hybridized carbons (Fsp3) is 0.600. The first kappa shape index (κ1) is 14.0. The van der Waals surface area contributed by atoms with Crippen LogP contribution < -0.4 is 4.74 Å². The van der Waals surface area contributed by atoms with Crippen LogP contribution in [0.1, 0.15) is 50.7 Å². The fourth-order valence-corrected chi connectivity index (χ4v) is 1.83. The molecule has 0 aliphatic rings. The van der Waals surface area contributed by atoms with Gasteiger partial charge in [0.1, 0.15) is 5.75 Å². The summed E-state index contributed by atoms with van der Waals surface area (Å²) in [6, 6.07) is 6.15. The lowest BCUT2D eigenvalue weighted by atomic mass is 9.97. The lowest BCUT2D eigenvalue weighted by Crippen LogP contribution is -2.00. The number of ether oxygens (including phenoxy) is 1. The molecule has 96 valence electrons. The molecule has 0 heterocycles. The Hall–Kier alpha value is -1.05. The summed E-state index contributed by atoms with van der Waals surface area (Å²) in [5, 5.41) is 0. The summed E-state index contributed by atoms with van der Waals surface area (Å²) in [7, 11) is 0. The maximum absolute atomic E-state index is 12.7. The number of alkyl halides is 1. The number of halogens is 1. The molecule has 0 saturated heterocycles. The molecule has 0 bridgehead atoms. The topological polar surface area (TPSA) is 9.23 Å². The average Bonchev–Trinajstić information content (AvgIpc) is 2.35. The van der Waals surface area contributed by atoms with Gasteiger partial charge < -0.3 is 4.74 Å². The number of hydrogen-bond donors (Lipinski definition) is 0. The van der Waals surface area contributed by atoms with Crippen molar-refractivity contribution in [2.45, 2.75) is 46.0 Å². The van der Waals surface area contributed by atoms with E-state index in [-0.39, 0.29) is 12.6 Å². The zero-order valence-corrected chi connectivity index (χ0v) is 11.1. The summed E-state index contributed by atoms with van der Waals surface area (Å²) in [4.78, 5) is 0. The van der Waals surface area contributed by atoms with Gasteiger partial charge in [0.2, 0.25) is 0 Å². The SMILES string of the molecule is CCCCc1cc(OCC)cc(C(C)CF)c1. The van der Waals surface area contributed by atoms with Crippen molar-refractivity contribution < 1.29 is 9.13 Å². The second kappa shape index (κ2) is 7.31. The summed E-state index contributed by atoms with van der Waals surface area (Å²) in [5.41, 5.74) is 2.30. The third-order valence-corrected chi connectivity index (χ3v) is 2.92. The van der Waals surface area contributed by atoms with Gasteiger partial charge in [0.25, 0.3) is 0 Å². The molecule has 0 amide bonds. The van der Waals surface area contributed by atoms with E-state index in [1.807, 2.05) is 19.9 Å². The van der Waals surface area contributed by atoms with Gasteiger partial charge >= 0.3 is 0 Å². The van der Waals surface area contributed by atoms with Crippen molar-refractivity contribution in [2.75, 3.05) is 13.3 Å². The quantitative estimate of drug-likeness (QED) is 0.679. The molecular formula is C15H23FO. The number of unbranched alkanes of at least 4 members (excludes halogenated alkanes) is 1. The van der Waals surface area contributed by atoms with E-state index in [1.165, 1.54) is 18.4 Å². The van der Waals surface area contributed by atoms with Crippen molar-refractivity contribution in [3.63, 3.8) is 0 Å². The van der Waals surface area contributed by atoms with Crippen LogP contribution in [-0.4, -0.2) is 13.3 Å². The molecule has 1 aromatic carbocycles. The molecule has 0 saturated carbocycles. The lowest BCUT2D eigenvalue weighted by Gasteiger charge is -2.13. The molecule has 0 radical (unpaired) electrons. The van der Waals surface area contributed by atoms with Crippen LogP contribution in [0.5, 0.6) is 5.75 Å². The lowest BCUT2D eigenvalue weighted by molar-refractivity contribution is 0.339. The smallest absolute Gasteiger partial charge is 0.119 e. The highest BCUT2D eigenvalue weighted by molar-refractivity contribution is 5.36. The first-order valence-electron chi connectivity index (χ1n) is 6.53. The van der Waals surface area contributed by atoms with Gasteiger partial charge in [-0.1, -0.05) is 26.3 Å². The summed E-state index contributed by atoms with van der Waals surface area (Å²) < 4.78 is 18.3. The largest absolute Gasteiger partial charge is 0.494 e. The first-order chi connectivity index (χ1) is 8.21. The van der Waals surface area contributed by atoms with Crippen LogP contribution in [0.4, 0.5) is 4.39 Å². The average molecular weight is 238 g/mol. The van der Waals surface area contributed by atoms with E-state index in [0.29, 0.717) is 6.61 Å². The van der Waals surface area contributed by atoms with Crippen molar-refractivity contribution in [1.82, 2.24) is 0 Å². The van der Waals surface area contributed by atoms with Crippen molar-refractivity contribution in [1.29, 1.82) is 0 Å². The van der Waals surface area contributed by atoms with Crippen LogP contribution >= 0.6 is 0 Å². The summed E-state index contributed by atoms with van der Waals surface area (Å²) >= 11 is 0. The Morgan fingerprint density at radius 3 is 2.59 bits per heavy atom. The maximum atomic E-state index is 12.7.